The Balaban J connectivity index is 2.25. The topological polar surface area (TPSA) is 0 Å². The van der Waals surface area contributed by atoms with Crippen molar-refractivity contribution in [2.75, 3.05) is 0 Å². The first kappa shape index (κ1) is 10.9. The molecule has 1 heterocycles. The van der Waals surface area contributed by atoms with Gasteiger partial charge in [-0.2, -0.15) is 0 Å². The van der Waals surface area contributed by atoms with E-state index >= 15 is 0 Å². The van der Waals surface area contributed by atoms with Crippen LogP contribution in [0.15, 0.2) is 41.8 Å². The van der Waals surface area contributed by atoms with Gasteiger partial charge in [0.05, 0.1) is 0 Å². The van der Waals surface area contributed by atoms with Crippen LogP contribution >= 0.6 is 27.3 Å². The van der Waals surface area contributed by atoms with Crippen molar-refractivity contribution in [3.05, 3.63) is 47.3 Å². The fraction of sp³-hybridized carbons (Fsp3) is 0.231. The molecule has 0 bridgehead atoms. The van der Waals surface area contributed by atoms with Gasteiger partial charge < -0.3 is 0 Å². The Morgan fingerprint density at radius 2 is 1.93 bits per heavy atom. The van der Waals surface area contributed by atoms with Crippen molar-refractivity contribution in [1.82, 2.24) is 0 Å². The van der Waals surface area contributed by atoms with Gasteiger partial charge in [-0.15, -0.1) is 11.3 Å². The second-order valence-corrected chi connectivity index (χ2v) is 5.53. The molecular formula is C13H13BrS. The normalized spacial score (nSPS) is 12.7. The average Bonchev–Trinajstić information content (AvgIpc) is 2.82. The SMILES string of the molecule is CCC(Br)c1ccc(-c2cccs2)cc1. The van der Waals surface area contributed by atoms with E-state index in [-0.39, 0.29) is 0 Å². The fourth-order valence-electron chi connectivity index (χ4n) is 1.53. The van der Waals surface area contributed by atoms with Crippen molar-refractivity contribution < 1.29 is 0 Å². The summed E-state index contributed by atoms with van der Waals surface area (Å²) in [6, 6.07) is 13.1. The number of rotatable bonds is 3. The lowest BCUT2D eigenvalue weighted by atomic mass is 10.1. The molecule has 15 heavy (non-hydrogen) atoms. The van der Waals surface area contributed by atoms with Gasteiger partial charge in [0.2, 0.25) is 0 Å². The van der Waals surface area contributed by atoms with Crippen molar-refractivity contribution >= 4 is 27.3 Å². The molecular weight excluding hydrogens is 268 g/mol. The summed E-state index contributed by atoms with van der Waals surface area (Å²) in [6.07, 6.45) is 1.12. The number of halogens is 1. The highest BCUT2D eigenvalue weighted by atomic mass is 79.9. The molecule has 78 valence electrons. The monoisotopic (exact) mass is 280 g/mol. The highest BCUT2D eigenvalue weighted by Gasteiger charge is 2.04. The van der Waals surface area contributed by atoms with Gasteiger partial charge in [0, 0.05) is 9.70 Å². The van der Waals surface area contributed by atoms with Crippen LogP contribution in [0.2, 0.25) is 0 Å². The molecule has 0 aliphatic heterocycles. The van der Waals surface area contributed by atoms with Gasteiger partial charge in [0.1, 0.15) is 0 Å². The number of thiophene rings is 1. The fourth-order valence-corrected chi connectivity index (χ4v) is 2.57. The summed E-state index contributed by atoms with van der Waals surface area (Å²) < 4.78 is 0. The number of hydrogen-bond donors (Lipinski definition) is 0. The van der Waals surface area contributed by atoms with Gasteiger partial charge in [-0.3, -0.25) is 0 Å². The lowest BCUT2D eigenvalue weighted by molar-refractivity contribution is 0.911. The van der Waals surface area contributed by atoms with E-state index in [1.165, 1.54) is 16.0 Å². The van der Waals surface area contributed by atoms with Crippen LogP contribution in [0.1, 0.15) is 23.7 Å². The maximum Gasteiger partial charge on any atom is 0.0392 e. The third kappa shape index (κ3) is 2.50. The number of benzene rings is 1. The maximum absolute atomic E-state index is 3.66. The smallest absolute Gasteiger partial charge is 0.0392 e. The summed E-state index contributed by atoms with van der Waals surface area (Å²) in [4.78, 5) is 1.82. The Bertz CT molecular complexity index is 403. The van der Waals surface area contributed by atoms with Crippen LogP contribution in [0.3, 0.4) is 0 Å². The Kier molecular flexibility index (Phi) is 3.60. The zero-order valence-electron chi connectivity index (χ0n) is 8.61. The molecule has 1 aromatic carbocycles. The summed E-state index contributed by atoms with van der Waals surface area (Å²) in [6.45, 7) is 2.19. The molecule has 0 aliphatic rings. The zero-order chi connectivity index (χ0) is 10.7. The average molecular weight is 281 g/mol. The Hall–Kier alpha value is -0.600. The van der Waals surface area contributed by atoms with E-state index in [1.54, 1.807) is 11.3 Å². The van der Waals surface area contributed by atoms with Crippen LogP contribution in [0.4, 0.5) is 0 Å². The standard InChI is InChI=1S/C13H13BrS/c1-2-12(14)10-5-7-11(8-6-10)13-4-3-9-15-13/h3-9,12H,2H2,1H3. The molecule has 0 saturated carbocycles. The van der Waals surface area contributed by atoms with E-state index in [4.69, 9.17) is 0 Å². The van der Waals surface area contributed by atoms with Gasteiger partial charge in [-0.05, 0) is 29.0 Å². The Labute approximate surface area is 103 Å². The van der Waals surface area contributed by atoms with Gasteiger partial charge in [0.15, 0.2) is 0 Å². The molecule has 2 heteroatoms. The Morgan fingerprint density at radius 1 is 1.20 bits per heavy atom. The minimum Gasteiger partial charge on any atom is -0.144 e. The van der Waals surface area contributed by atoms with Crippen molar-refractivity contribution in [2.45, 2.75) is 18.2 Å². The highest BCUT2D eigenvalue weighted by molar-refractivity contribution is 9.09. The summed E-state index contributed by atoms with van der Waals surface area (Å²) in [5.74, 6) is 0. The highest BCUT2D eigenvalue weighted by Crippen LogP contribution is 2.29. The lowest BCUT2D eigenvalue weighted by Crippen LogP contribution is -1.86. The predicted molar refractivity (Wildman–Crippen MR) is 71.7 cm³/mol. The molecule has 0 amide bonds. The molecule has 1 unspecified atom stereocenters. The van der Waals surface area contributed by atoms with Crippen LogP contribution in [-0.4, -0.2) is 0 Å². The zero-order valence-corrected chi connectivity index (χ0v) is 11.0. The van der Waals surface area contributed by atoms with Crippen molar-refractivity contribution in [2.24, 2.45) is 0 Å². The minimum absolute atomic E-state index is 0.481. The summed E-state index contributed by atoms with van der Waals surface area (Å²) in [5, 5.41) is 2.11. The quantitative estimate of drug-likeness (QED) is 0.673. The molecule has 1 aromatic heterocycles. The van der Waals surface area contributed by atoms with Crippen LogP contribution in [0.5, 0.6) is 0 Å². The van der Waals surface area contributed by atoms with E-state index in [1.807, 2.05) is 0 Å². The lowest BCUT2D eigenvalue weighted by Gasteiger charge is -2.07. The first-order valence-corrected chi connectivity index (χ1v) is 6.88. The first-order valence-electron chi connectivity index (χ1n) is 5.09. The van der Waals surface area contributed by atoms with E-state index < -0.39 is 0 Å². The molecule has 2 aromatic rings. The predicted octanol–water partition coefficient (Wildman–Crippen LogP) is 5.26. The first-order chi connectivity index (χ1) is 7.31. The summed E-state index contributed by atoms with van der Waals surface area (Å²) >= 11 is 5.45. The third-order valence-corrected chi connectivity index (χ3v) is 4.53. The van der Waals surface area contributed by atoms with Gasteiger partial charge >= 0.3 is 0 Å². The Morgan fingerprint density at radius 3 is 2.47 bits per heavy atom. The van der Waals surface area contributed by atoms with Gasteiger partial charge in [-0.25, -0.2) is 0 Å². The summed E-state index contributed by atoms with van der Waals surface area (Å²) in [7, 11) is 0. The van der Waals surface area contributed by atoms with Crippen molar-refractivity contribution in [3.8, 4) is 10.4 Å². The molecule has 2 rings (SSSR count). The number of hydrogen-bond acceptors (Lipinski definition) is 1. The van der Waals surface area contributed by atoms with E-state index in [2.05, 4.69) is 64.6 Å². The molecule has 0 aliphatic carbocycles. The third-order valence-electron chi connectivity index (χ3n) is 2.44. The molecule has 0 spiro atoms. The minimum atomic E-state index is 0.481. The van der Waals surface area contributed by atoms with E-state index in [0.717, 1.165) is 6.42 Å². The van der Waals surface area contributed by atoms with Crippen molar-refractivity contribution in [3.63, 3.8) is 0 Å². The van der Waals surface area contributed by atoms with Crippen LogP contribution in [-0.2, 0) is 0 Å². The van der Waals surface area contributed by atoms with Crippen LogP contribution < -0.4 is 0 Å². The van der Waals surface area contributed by atoms with Gasteiger partial charge in [-0.1, -0.05) is 53.2 Å². The molecule has 1 atom stereocenters. The maximum atomic E-state index is 3.66. The number of alkyl halides is 1. The largest absolute Gasteiger partial charge is 0.144 e. The van der Waals surface area contributed by atoms with Crippen molar-refractivity contribution in [1.29, 1.82) is 0 Å². The second-order valence-electron chi connectivity index (χ2n) is 3.48. The molecule has 0 N–H and O–H groups in total. The molecule has 0 radical (unpaired) electrons. The molecule has 0 fully saturated rings. The molecule has 0 saturated heterocycles. The molecule has 0 nitrogen and oxygen atoms in total. The second kappa shape index (κ2) is 4.95. The van der Waals surface area contributed by atoms with E-state index in [0.29, 0.717) is 4.83 Å². The summed E-state index contributed by atoms with van der Waals surface area (Å²) in [5.41, 5.74) is 2.67. The van der Waals surface area contributed by atoms with E-state index in [9.17, 15) is 0 Å². The van der Waals surface area contributed by atoms with Crippen LogP contribution in [0.25, 0.3) is 10.4 Å². The van der Waals surface area contributed by atoms with Crippen LogP contribution in [0, 0.1) is 0 Å². The van der Waals surface area contributed by atoms with Gasteiger partial charge in [0.25, 0.3) is 0 Å².